The molecule has 2 heterocycles. The Hall–Kier alpha value is -4.54. The Bertz CT molecular complexity index is 1310. The Morgan fingerprint density at radius 3 is 2.60 bits per heavy atom. The number of rotatable bonds is 7. The van der Waals surface area contributed by atoms with Crippen molar-refractivity contribution in [2.24, 2.45) is 0 Å². The number of nitrogens with one attached hydrogen (secondary N) is 3. The van der Waals surface area contributed by atoms with Gasteiger partial charge in [-0.3, -0.25) is 19.3 Å². The van der Waals surface area contributed by atoms with E-state index in [-0.39, 0.29) is 23.4 Å². The Kier molecular flexibility index (Phi) is 6.32. The van der Waals surface area contributed by atoms with Gasteiger partial charge < -0.3 is 20.4 Å². The highest BCUT2D eigenvalue weighted by molar-refractivity contribution is 6.11. The number of urea groups is 1. The summed E-state index contributed by atoms with van der Waals surface area (Å²) >= 11 is 0. The van der Waals surface area contributed by atoms with Crippen LogP contribution in [0.5, 0.6) is 0 Å². The van der Waals surface area contributed by atoms with Gasteiger partial charge in [-0.2, -0.15) is 0 Å². The van der Waals surface area contributed by atoms with Crippen molar-refractivity contribution < 1.29 is 32.4 Å². The molecule has 2 aromatic carbocycles. The summed E-state index contributed by atoms with van der Waals surface area (Å²) in [6.45, 7) is 0.646. The highest BCUT2D eigenvalue weighted by atomic mass is 19.1. The molecule has 1 aromatic heterocycles. The minimum Gasteiger partial charge on any atom is -0.467 e. The summed E-state index contributed by atoms with van der Waals surface area (Å²) in [6.07, 6.45) is 1.47. The van der Waals surface area contributed by atoms with E-state index in [0.29, 0.717) is 10.7 Å². The van der Waals surface area contributed by atoms with Crippen molar-refractivity contribution in [3.05, 3.63) is 89.4 Å². The van der Waals surface area contributed by atoms with Gasteiger partial charge in [-0.25, -0.2) is 13.6 Å². The van der Waals surface area contributed by atoms with Crippen LogP contribution in [-0.2, 0) is 21.7 Å². The lowest BCUT2D eigenvalue weighted by molar-refractivity contribution is -0.133. The molecule has 4 rings (SSSR count). The molecule has 0 spiro atoms. The molecule has 0 saturated carbocycles. The van der Waals surface area contributed by atoms with E-state index in [1.54, 1.807) is 24.3 Å². The number of amides is 5. The number of hydrogen-bond donors (Lipinski definition) is 3. The predicted octanol–water partition coefficient (Wildman–Crippen LogP) is 2.89. The lowest BCUT2D eigenvalue weighted by atomic mass is 9.91. The minimum atomic E-state index is -1.90. The zero-order chi connectivity index (χ0) is 25.2. The fourth-order valence-corrected chi connectivity index (χ4v) is 3.70. The van der Waals surface area contributed by atoms with Gasteiger partial charge in [-0.1, -0.05) is 12.1 Å². The molecule has 1 aliphatic heterocycles. The average molecular weight is 482 g/mol. The number of imide groups is 1. The molecule has 0 bridgehead atoms. The fourth-order valence-electron chi connectivity index (χ4n) is 3.70. The second-order valence-corrected chi connectivity index (χ2v) is 7.93. The molecule has 1 fully saturated rings. The van der Waals surface area contributed by atoms with Gasteiger partial charge in [0.25, 0.3) is 11.8 Å². The van der Waals surface area contributed by atoms with E-state index in [9.17, 15) is 28.0 Å². The molecule has 180 valence electrons. The number of halogens is 2. The van der Waals surface area contributed by atoms with Gasteiger partial charge in [-0.15, -0.1) is 0 Å². The number of carbonyl (C=O) groups excluding carboxylic acids is 4. The van der Waals surface area contributed by atoms with Crippen molar-refractivity contribution in [2.75, 3.05) is 11.9 Å². The van der Waals surface area contributed by atoms with E-state index < -0.39 is 47.5 Å². The number of anilines is 1. The normalized spacial score (nSPS) is 17.3. The third-order valence-corrected chi connectivity index (χ3v) is 5.49. The predicted molar refractivity (Wildman–Crippen MR) is 119 cm³/mol. The highest BCUT2D eigenvalue weighted by Crippen LogP contribution is 2.31. The number of carbonyl (C=O) groups is 4. The maximum Gasteiger partial charge on any atom is 0.325 e. The van der Waals surface area contributed by atoms with Crippen molar-refractivity contribution in [2.45, 2.75) is 19.0 Å². The Labute approximate surface area is 198 Å². The van der Waals surface area contributed by atoms with Gasteiger partial charge in [0.15, 0.2) is 0 Å². The van der Waals surface area contributed by atoms with Crippen LogP contribution < -0.4 is 16.0 Å². The number of furan rings is 1. The van der Waals surface area contributed by atoms with Crippen LogP contribution in [0.2, 0.25) is 0 Å². The van der Waals surface area contributed by atoms with Gasteiger partial charge >= 0.3 is 6.03 Å². The summed E-state index contributed by atoms with van der Waals surface area (Å²) in [5.74, 6) is -3.32. The van der Waals surface area contributed by atoms with Gasteiger partial charge in [0.2, 0.25) is 5.91 Å². The quantitative estimate of drug-likeness (QED) is 0.447. The minimum absolute atomic E-state index is 0.131. The van der Waals surface area contributed by atoms with E-state index >= 15 is 0 Å². The number of benzene rings is 2. The van der Waals surface area contributed by atoms with E-state index in [1.807, 2.05) is 0 Å². The molecule has 9 nitrogen and oxygen atoms in total. The summed E-state index contributed by atoms with van der Waals surface area (Å²) in [6, 6.07) is 11.1. The van der Waals surface area contributed by atoms with Gasteiger partial charge in [0, 0.05) is 5.56 Å². The molecule has 11 heteroatoms. The van der Waals surface area contributed by atoms with Crippen molar-refractivity contribution in [1.29, 1.82) is 0 Å². The first kappa shape index (κ1) is 23.6. The van der Waals surface area contributed by atoms with Crippen LogP contribution in [0.15, 0.2) is 65.3 Å². The Morgan fingerprint density at radius 2 is 1.86 bits per heavy atom. The second kappa shape index (κ2) is 9.37. The molecule has 3 aromatic rings. The van der Waals surface area contributed by atoms with E-state index in [0.717, 1.165) is 18.2 Å². The van der Waals surface area contributed by atoms with Crippen LogP contribution in [0.4, 0.5) is 19.3 Å². The smallest absolute Gasteiger partial charge is 0.325 e. The SMILES string of the molecule is C[C@@]1(c2cc(F)ccc2F)NC(=O)N(CC(=O)Nc2ccccc2C(=O)NCc2ccco2)C1=O. The maximum absolute atomic E-state index is 14.3. The number of para-hydroxylation sites is 1. The van der Waals surface area contributed by atoms with Crippen molar-refractivity contribution in [1.82, 2.24) is 15.5 Å². The van der Waals surface area contributed by atoms with Crippen molar-refractivity contribution >= 4 is 29.4 Å². The third-order valence-electron chi connectivity index (χ3n) is 5.49. The van der Waals surface area contributed by atoms with E-state index in [4.69, 9.17) is 4.42 Å². The first-order valence-corrected chi connectivity index (χ1v) is 10.5. The molecular weight excluding hydrogens is 462 g/mol. The van der Waals surface area contributed by atoms with Crippen LogP contribution >= 0.6 is 0 Å². The van der Waals surface area contributed by atoms with E-state index in [2.05, 4.69) is 16.0 Å². The molecule has 3 N–H and O–H groups in total. The fraction of sp³-hybridized carbons (Fsp3) is 0.167. The van der Waals surface area contributed by atoms with Gasteiger partial charge in [0.1, 0.15) is 29.5 Å². The molecule has 0 radical (unpaired) electrons. The lowest BCUT2D eigenvalue weighted by Crippen LogP contribution is -2.43. The standard InChI is InChI=1S/C24H20F2N4O5/c1-24(17-11-14(25)8-9-18(17)26)22(33)30(23(34)29-24)13-20(31)28-19-7-3-2-6-16(19)21(32)27-12-15-5-4-10-35-15/h2-11H,12-13H2,1H3,(H,27,32)(H,28,31)(H,29,34)/t24-/m0/s1. The van der Waals surface area contributed by atoms with Gasteiger partial charge in [-0.05, 0) is 49.4 Å². The Balaban J connectivity index is 1.46. The molecule has 1 atom stereocenters. The van der Waals surface area contributed by atoms with Crippen LogP contribution in [-0.4, -0.2) is 35.2 Å². The van der Waals surface area contributed by atoms with Crippen molar-refractivity contribution in [3.8, 4) is 0 Å². The van der Waals surface area contributed by atoms with Crippen molar-refractivity contribution in [3.63, 3.8) is 0 Å². The maximum atomic E-state index is 14.3. The Morgan fingerprint density at radius 1 is 1.09 bits per heavy atom. The molecule has 0 unspecified atom stereocenters. The largest absolute Gasteiger partial charge is 0.467 e. The third kappa shape index (κ3) is 4.74. The van der Waals surface area contributed by atoms with Crippen LogP contribution in [0, 0.1) is 11.6 Å². The van der Waals surface area contributed by atoms with Crippen LogP contribution in [0.3, 0.4) is 0 Å². The number of nitrogens with zero attached hydrogens (tertiary/aromatic N) is 1. The summed E-state index contributed by atoms with van der Waals surface area (Å²) < 4.78 is 33.1. The zero-order valence-electron chi connectivity index (χ0n) is 18.4. The average Bonchev–Trinajstić information content (AvgIpc) is 3.42. The lowest BCUT2D eigenvalue weighted by Gasteiger charge is -2.22. The number of hydrogen-bond acceptors (Lipinski definition) is 5. The van der Waals surface area contributed by atoms with Gasteiger partial charge in [0.05, 0.1) is 24.1 Å². The second-order valence-electron chi connectivity index (χ2n) is 7.93. The summed E-state index contributed by atoms with van der Waals surface area (Å²) in [4.78, 5) is 51.3. The highest BCUT2D eigenvalue weighted by Gasteiger charge is 2.50. The van der Waals surface area contributed by atoms with Crippen LogP contribution in [0.25, 0.3) is 0 Å². The topological polar surface area (TPSA) is 121 Å². The zero-order valence-corrected chi connectivity index (χ0v) is 18.4. The molecular formula is C24H20F2N4O5. The monoisotopic (exact) mass is 482 g/mol. The first-order valence-electron chi connectivity index (χ1n) is 10.5. The molecule has 1 aliphatic rings. The first-order chi connectivity index (χ1) is 16.7. The molecule has 0 aliphatic carbocycles. The summed E-state index contributed by atoms with van der Waals surface area (Å²) in [7, 11) is 0. The van der Waals surface area contributed by atoms with E-state index in [1.165, 1.54) is 25.3 Å². The summed E-state index contributed by atoms with van der Waals surface area (Å²) in [5.41, 5.74) is -1.96. The summed E-state index contributed by atoms with van der Waals surface area (Å²) in [5, 5.41) is 7.49. The molecule has 35 heavy (non-hydrogen) atoms. The molecule has 5 amide bonds. The molecule has 1 saturated heterocycles. The van der Waals surface area contributed by atoms with Crippen LogP contribution in [0.1, 0.15) is 28.6 Å².